The Morgan fingerprint density at radius 3 is 2.60 bits per heavy atom. The summed E-state index contributed by atoms with van der Waals surface area (Å²) in [6, 6.07) is 1.67. The standard InChI is InChI=1S/C11H15F3N2O3S/c1-7-10(20(17,18)16-6-11(12,13)14)4-9(19-7)5-15-8-2-3-8/h4,8,15-16H,2-3,5-6H2,1H3. The molecular formula is C11H15F3N2O3S. The Morgan fingerprint density at radius 1 is 1.40 bits per heavy atom. The van der Waals surface area contributed by atoms with Crippen molar-refractivity contribution in [3.63, 3.8) is 0 Å². The number of nitrogens with one attached hydrogen (secondary N) is 2. The molecule has 0 bridgehead atoms. The third-order valence-corrected chi connectivity index (χ3v) is 4.33. The van der Waals surface area contributed by atoms with Crippen molar-refractivity contribution in [1.82, 2.24) is 10.0 Å². The fourth-order valence-electron chi connectivity index (χ4n) is 1.67. The minimum Gasteiger partial charge on any atom is -0.464 e. The highest BCUT2D eigenvalue weighted by Crippen LogP contribution is 2.23. The molecule has 20 heavy (non-hydrogen) atoms. The summed E-state index contributed by atoms with van der Waals surface area (Å²) in [7, 11) is -4.22. The van der Waals surface area contributed by atoms with Gasteiger partial charge in [-0.2, -0.15) is 13.2 Å². The molecule has 1 aliphatic carbocycles. The Bertz CT molecular complexity index is 576. The van der Waals surface area contributed by atoms with Crippen molar-refractivity contribution in [2.24, 2.45) is 0 Å². The molecule has 1 aromatic rings. The summed E-state index contributed by atoms with van der Waals surface area (Å²) in [5, 5.41) is 3.13. The number of aryl methyl sites for hydroxylation is 1. The van der Waals surface area contributed by atoms with Gasteiger partial charge < -0.3 is 9.73 Å². The Balaban J connectivity index is 2.05. The summed E-state index contributed by atoms with van der Waals surface area (Å²) in [6.45, 7) is 0.165. The Hall–Kier alpha value is -1.06. The van der Waals surface area contributed by atoms with E-state index in [4.69, 9.17) is 4.42 Å². The molecule has 1 aliphatic rings. The summed E-state index contributed by atoms with van der Waals surface area (Å²) in [6.07, 6.45) is -2.46. The molecule has 1 heterocycles. The van der Waals surface area contributed by atoms with Gasteiger partial charge >= 0.3 is 6.18 Å². The van der Waals surface area contributed by atoms with Crippen LogP contribution in [0, 0.1) is 6.92 Å². The largest absolute Gasteiger partial charge is 0.464 e. The molecular weight excluding hydrogens is 297 g/mol. The van der Waals surface area contributed by atoms with E-state index in [1.807, 2.05) is 0 Å². The number of halogens is 3. The molecule has 0 aliphatic heterocycles. The van der Waals surface area contributed by atoms with Crippen molar-refractivity contribution < 1.29 is 26.0 Å². The molecule has 1 saturated carbocycles. The summed E-state index contributed by atoms with van der Waals surface area (Å²) >= 11 is 0. The van der Waals surface area contributed by atoms with Crippen LogP contribution in [0.5, 0.6) is 0 Å². The van der Waals surface area contributed by atoms with Gasteiger partial charge in [0.25, 0.3) is 0 Å². The molecule has 0 aromatic carbocycles. The van der Waals surface area contributed by atoms with Gasteiger partial charge in [-0.1, -0.05) is 0 Å². The number of furan rings is 1. The van der Waals surface area contributed by atoms with Crippen LogP contribution in [-0.4, -0.2) is 27.2 Å². The van der Waals surface area contributed by atoms with Crippen molar-refractivity contribution in [2.75, 3.05) is 6.54 Å². The minimum atomic E-state index is -4.60. The predicted octanol–water partition coefficient (Wildman–Crippen LogP) is 1.68. The maximum atomic E-state index is 12.1. The zero-order chi connectivity index (χ0) is 15.0. The minimum absolute atomic E-state index is 0.0762. The van der Waals surface area contributed by atoms with E-state index in [2.05, 4.69) is 5.32 Å². The van der Waals surface area contributed by atoms with Crippen LogP contribution in [0.25, 0.3) is 0 Å². The van der Waals surface area contributed by atoms with Gasteiger partial charge in [-0.3, -0.25) is 0 Å². The lowest BCUT2D eigenvalue weighted by molar-refractivity contribution is -0.121. The summed E-state index contributed by atoms with van der Waals surface area (Å²) in [5.41, 5.74) is 0. The average Bonchev–Trinajstić information content (AvgIpc) is 3.06. The highest BCUT2D eigenvalue weighted by atomic mass is 32.2. The zero-order valence-corrected chi connectivity index (χ0v) is 11.6. The molecule has 9 heteroatoms. The van der Waals surface area contributed by atoms with Crippen molar-refractivity contribution in [3.05, 3.63) is 17.6 Å². The maximum absolute atomic E-state index is 12.1. The first kappa shape index (κ1) is 15.3. The summed E-state index contributed by atoms with van der Waals surface area (Å²) in [5.74, 6) is 0.467. The Morgan fingerprint density at radius 2 is 2.05 bits per heavy atom. The molecule has 0 amide bonds. The molecule has 0 spiro atoms. The summed E-state index contributed by atoms with van der Waals surface area (Å²) < 4.78 is 66.5. The fourth-order valence-corrected chi connectivity index (χ4v) is 2.88. The molecule has 0 unspecified atom stereocenters. The number of hydrogen-bond acceptors (Lipinski definition) is 4. The van der Waals surface area contributed by atoms with Crippen LogP contribution in [0.4, 0.5) is 13.2 Å². The molecule has 1 aromatic heterocycles. The first-order valence-corrected chi connectivity index (χ1v) is 7.55. The third-order valence-electron chi connectivity index (χ3n) is 2.82. The van der Waals surface area contributed by atoms with E-state index in [1.165, 1.54) is 17.7 Å². The lowest BCUT2D eigenvalue weighted by Gasteiger charge is -2.08. The smallest absolute Gasteiger partial charge is 0.402 e. The van der Waals surface area contributed by atoms with Gasteiger partial charge in [0.15, 0.2) is 0 Å². The molecule has 2 rings (SSSR count). The normalized spacial score (nSPS) is 16.6. The van der Waals surface area contributed by atoms with Crippen LogP contribution in [0.3, 0.4) is 0 Å². The van der Waals surface area contributed by atoms with Crippen molar-refractivity contribution in [2.45, 2.75) is 43.4 Å². The van der Waals surface area contributed by atoms with Gasteiger partial charge in [0.1, 0.15) is 23.0 Å². The van der Waals surface area contributed by atoms with Crippen LogP contribution in [0.15, 0.2) is 15.4 Å². The maximum Gasteiger partial charge on any atom is 0.402 e. The lowest BCUT2D eigenvalue weighted by Crippen LogP contribution is -2.33. The van der Waals surface area contributed by atoms with Gasteiger partial charge in [0, 0.05) is 12.1 Å². The second-order valence-corrected chi connectivity index (χ2v) is 6.46. The molecule has 0 saturated heterocycles. The average molecular weight is 312 g/mol. The molecule has 0 radical (unpaired) electrons. The first-order chi connectivity index (χ1) is 9.17. The Kier molecular flexibility index (Phi) is 4.12. The number of rotatable bonds is 6. The van der Waals surface area contributed by atoms with E-state index in [0.29, 0.717) is 18.3 Å². The second-order valence-electron chi connectivity index (χ2n) is 4.73. The first-order valence-electron chi connectivity index (χ1n) is 6.06. The van der Waals surface area contributed by atoms with Crippen LogP contribution >= 0.6 is 0 Å². The molecule has 114 valence electrons. The van der Waals surface area contributed by atoms with E-state index in [-0.39, 0.29) is 10.7 Å². The monoisotopic (exact) mass is 312 g/mol. The van der Waals surface area contributed by atoms with E-state index in [0.717, 1.165) is 12.8 Å². The highest BCUT2D eigenvalue weighted by Gasteiger charge is 2.31. The highest BCUT2D eigenvalue weighted by molar-refractivity contribution is 7.89. The molecule has 2 N–H and O–H groups in total. The van der Waals surface area contributed by atoms with E-state index in [1.54, 1.807) is 0 Å². The van der Waals surface area contributed by atoms with E-state index >= 15 is 0 Å². The van der Waals surface area contributed by atoms with Crippen LogP contribution in [-0.2, 0) is 16.6 Å². The van der Waals surface area contributed by atoms with Gasteiger partial charge in [-0.25, -0.2) is 13.1 Å². The van der Waals surface area contributed by atoms with Crippen LogP contribution in [0.2, 0.25) is 0 Å². The van der Waals surface area contributed by atoms with E-state index < -0.39 is 22.7 Å². The van der Waals surface area contributed by atoms with Crippen molar-refractivity contribution in [3.8, 4) is 0 Å². The number of hydrogen-bond donors (Lipinski definition) is 2. The van der Waals surface area contributed by atoms with Crippen LogP contribution in [0.1, 0.15) is 24.4 Å². The third kappa shape index (κ3) is 4.22. The van der Waals surface area contributed by atoms with Gasteiger partial charge in [-0.15, -0.1) is 0 Å². The van der Waals surface area contributed by atoms with Crippen molar-refractivity contribution >= 4 is 10.0 Å². The van der Waals surface area contributed by atoms with Gasteiger partial charge in [0.05, 0.1) is 6.54 Å². The van der Waals surface area contributed by atoms with E-state index in [9.17, 15) is 21.6 Å². The molecule has 1 fully saturated rings. The van der Waals surface area contributed by atoms with Gasteiger partial charge in [0.2, 0.25) is 10.0 Å². The van der Waals surface area contributed by atoms with Crippen molar-refractivity contribution in [1.29, 1.82) is 0 Å². The predicted molar refractivity (Wildman–Crippen MR) is 64.6 cm³/mol. The molecule has 5 nitrogen and oxygen atoms in total. The fraction of sp³-hybridized carbons (Fsp3) is 0.636. The SMILES string of the molecule is Cc1oc(CNC2CC2)cc1S(=O)(=O)NCC(F)(F)F. The topological polar surface area (TPSA) is 71.3 Å². The zero-order valence-electron chi connectivity index (χ0n) is 10.8. The molecule has 0 atom stereocenters. The quantitative estimate of drug-likeness (QED) is 0.838. The van der Waals surface area contributed by atoms with Gasteiger partial charge in [-0.05, 0) is 19.8 Å². The number of alkyl halides is 3. The second kappa shape index (κ2) is 5.38. The van der Waals surface area contributed by atoms with Crippen LogP contribution < -0.4 is 10.0 Å². The lowest BCUT2D eigenvalue weighted by atomic mass is 10.4. The number of sulfonamides is 1. The summed E-state index contributed by atoms with van der Waals surface area (Å²) in [4.78, 5) is -0.255. The Labute approximate surface area is 114 Å².